The summed E-state index contributed by atoms with van der Waals surface area (Å²) < 4.78 is 110. The lowest BCUT2D eigenvalue weighted by molar-refractivity contribution is -0.303. The van der Waals surface area contributed by atoms with Crippen LogP contribution in [-0.2, 0) is 27.9 Å². The van der Waals surface area contributed by atoms with Crippen LogP contribution < -0.4 is 10.1 Å². The van der Waals surface area contributed by atoms with Crippen LogP contribution in [0.4, 0.5) is 36.8 Å². The number of benzene rings is 1. The van der Waals surface area contributed by atoms with Crippen molar-refractivity contribution in [1.82, 2.24) is 15.2 Å². The average Bonchev–Trinajstić information content (AvgIpc) is 3.43. The number of hydrogen-bond acceptors (Lipinski definition) is 9. The first-order valence-electron chi connectivity index (χ1n) is 14.4. The SMILES string of the molecule is C[C@@H]1CCCC(CO)C[C@](OCc2ccccc2)(C(F)(F)F)c2nnc(o2)-c2nc(c(C(F)(F)F)cc2NC(=O)OC(C)(C)C)O1. The third-order valence-corrected chi connectivity index (χ3v) is 7.06. The molecule has 46 heavy (non-hydrogen) atoms. The molecule has 2 aromatic heterocycles. The lowest BCUT2D eigenvalue weighted by atomic mass is 9.86. The number of halogens is 6. The maximum atomic E-state index is 15.2. The van der Waals surface area contributed by atoms with Gasteiger partial charge in [0.05, 0.1) is 18.4 Å². The van der Waals surface area contributed by atoms with Gasteiger partial charge >= 0.3 is 18.4 Å². The molecule has 3 aromatic rings. The molecule has 0 aliphatic carbocycles. The maximum absolute atomic E-state index is 15.2. The summed E-state index contributed by atoms with van der Waals surface area (Å²) in [5, 5.41) is 19.6. The van der Waals surface area contributed by atoms with E-state index in [0.717, 1.165) is 0 Å². The monoisotopic (exact) mass is 660 g/mol. The quantitative estimate of drug-likeness (QED) is 0.269. The Bertz CT molecular complexity index is 1490. The van der Waals surface area contributed by atoms with Crippen molar-refractivity contribution in [3.05, 3.63) is 53.4 Å². The lowest BCUT2D eigenvalue weighted by Crippen LogP contribution is -2.47. The van der Waals surface area contributed by atoms with Gasteiger partial charge in [-0.05, 0) is 70.9 Å². The fourth-order valence-electron chi connectivity index (χ4n) is 4.86. The number of aromatic nitrogens is 3. The second-order valence-corrected chi connectivity index (χ2v) is 12.0. The summed E-state index contributed by atoms with van der Waals surface area (Å²) in [6.07, 6.45) is -12.7. The van der Waals surface area contributed by atoms with E-state index in [9.17, 15) is 23.1 Å². The Labute approximate surface area is 260 Å². The van der Waals surface area contributed by atoms with Crippen molar-refractivity contribution in [1.29, 1.82) is 0 Å². The van der Waals surface area contributed by atoms with E-state index in [1.54, 1.807) is 30.3 Å². The molecule has 4 rings (SSSR count). The van der Waals surface area contributed by atoms with Crippen LogP contribution in [-0.4, -0.2) is 50.9 Å². The molecule has 0 spiro atoms. The van der Waals surface area contributed by atoms with E-state index in [-0.39, 0.29) is 19.3 Å². The van der Waals surface area contributed by atoms with Gasteiger partial charge in [-0.1, -0.05) is 30.3 Å². The molecule has 1 unspecified atom stereocenters. The van der Waals surface area contributed by atoms with Gasteiger partial charge in [-0.2, -0.15) is 26.3 Å². The Morgan fingerprint density at radius 1 is 1.09 bits per heavy atom. The van der Waals surface area contributed by atoms with Crippen LogP contribution in [0.2, 0.25) is 0 Å². The fourth-order valence-corrected chi connectivity index (χ4v) is 4.86. The first-order valence-corrected chi connectivity index (χ1v) is 14.4. The van der Waals surface area contributed by atoms with Crippen LogP contribution in [0.15, 0.2) is 40.8 Å². The Morgan fingerprint density at radius 2 is 1.78 bits per heavy atom. The van der Waals surface area contributed by atoms with Crippen molar-refractivity contribution < 1.29 is 54.9 Å². The molecule has 1 aliphatic rings. The van der Waals surface area contributed by atoms with E-state index in [1.807, 2.05) is 0 Å². The number of aliphatic hydroxyl groups excluding tert-OH is 1. The summed E-state index contributed by atoms with van der Waals surface area (Å²) in [6, 6.07) is 8.53. The van der Waals surface area contributed by atoms with E-state index >= 15 is 13.2 Å². The van der Waals surface area contributed by atoms with Crippen LogP contribution in [0.1, 0.15) is 70.4 Å². The number of carbonyl (C=O) groups is 1. The van der Waals surface area contributed by atoms with Crippen molar-refractivity contribution in [3.8, 4) is 17.5 Å². The first-order chi connectivity index (χ1) is 21.4. The van der Waals surface area contributed by atoms with Crippen molar-refractivity contribution in [3.63, 3.8) is 0 Å². The van der Waals surface area contributed by atoms with E-state index in [2.05, 4.69) is 20.5 Å². The van der Waals surface area contributed by atoms with E-state index in [1.165, 1.54) is 27.7 Å². The number of amides is 1. The van der Waals surface area contributed by atoms with Crippen molar-refractivity contribution >= 4 is 11.8 Å². The topological polar surface area (TPSA) is 129 Å². The third-order valence-electron chi connectivity index (χ3n) is 7.06. The molecular weight excluding hydrogens is 626 g/mol. The molecule has 1 amide bonds. The summed E-state index contributed by atoms with van der Waals surface area (Å²) >= 11 is 0. The molecule has 3 heterocycles. The van der Waals surface area contributed by atoms with Crippen LogP contribution in [0.5, 0.6) is 5.88 Å². The number of nitrogens with one attached hydrogen (secondary N) is 1. The van der Waals surface area contributed by atoms with Gasteiger partial charge in [-0.15, -0.1) is 10.2 Å². The minimum Gasteiger partial charge on any atom is -0.474 e. The highest BCUT2D eigenvalue weighted by Crippen LogP contribution is 2.49. The highest BCUT2D eigenvalue weighted by molar-refractivity contribution is 5.89. The minimum absolute atomic E-state index is 0.0429. The first kappa shape index (κ1) is 34.9. The number of fused-ring (bicyclic) bond motifs is 5. The largest absolute Gasteiger partial charge is 0.474 e. The predicted molar refractivity (Wildman–Crippen MR) is 150 cm³/mol. The number of hydrogen-bond donors (Lipinski definition) is 2. The van der Waals surface area contributed by atoms with E-state index in [0.29, 0.717) is 11.6 Å². The van der Waals surface area contributed by atoms with Crippen molar-refractivity contribution in [2.45, 2.75) is 89.6 Å². The highest BCUT2D eigenvalue weighted by Gasteiger charge is 2.62. The third kappa shape index (κ3) is 8.26. The summed E-state index contributed by atoms with van der Waals surface area (Å²) in [7, 11) is 0. The van der Waals surface area contributed by atoms with Gasteiger partial charge in [0.25, 0.3) is 11.8 Å². The number of nitrogens with zero attached hydrogens (tertiary/aromatic N) is 3. The Morgan fingerprint density at radius 3 is 2.39 bits per heavy atom. The summed E-state index contributed by atoms with van der Waals surface area (Å²) in [5.41, 5.74) is -6.50. The molecule has 2 N–H and O–H groups in total. The maximum Gasteiger partial charge on any atom is 0.426 e. The molecule has 1 aromatic carbocycles. The van der Waals surface area contributed by atoms with Crippen LogP contribution in [0.25, 0.3) is 11.6 Å². The lowest BCUT2D eigenvalue weighted by Gasteiger charge is -2.35. The number of alkyl halides is 6. The molecule has 0 radical (unpaired) electrons. The minimum atomic E-state index is -5.16. The zero-order valence-electron chi connectivity index (χ0n) is 25.5. The molecule has 252 valence electrons. The van der Waals surface area contributed by atoms with E-state index in [4.69, 9.17) is 18.6 Å². The number of ether oxygens (including phenoxy) is 3. The molecule has 4 bridgehead atoms. The molecule has 1 aliphatic heterocycles. The van der Waals surface area contributed by atoms with Gasteiger partial charge in [-0.3, -0.25) is 5.32 Å². The van der Waals surface area contributed by atoms with Gasteiger partial charge in [0, 0.05) is 6.61 Å². The van der Waals surface area contributed by atoms with Gasteiger partial charge in [0.2, 0.25) is 11.5 Å². The highest BCUT2D eigenvalue weighted by atomic mass is 19.4. The fraction of sp³-hybridized carbons (Fsp3) is 0.533. The standard InChI is InChI=1S/C30H34F6N4O6/c1-17-9-8-12-19(15-41)14-28(30(34,35)36,43-16-18-10-6-5-7-11-18)25-40-39-24(45-25)22-21(37-26(42)46-27(2,3)4)13-20(29(31,32)33)23(38-22)44-17/h5-7,10-11,13,17,19,41H,8-9,12,14-16H2,1-4H3,(H,37,42)/t17-,19?,28-/m1/s1. The number of aliphatic hydroxyl groups is 1. The molecule has 3 atom stereocenters. The number of pyridine rings is 1. The zero-order valence-corrected chi connectivity index (χ0v) is 25.5. The Kier molecular flexibility index (Phi) is 10.2. The van der Waals surface area contributed by atoms with Gasteiger partial charge in [0.1, 0.15) is 11.2 Å². The van der Waals surface area contributed by atoms with Crippen LogP contribution in [0, 0.1) is 5.92 Å². The summed E-state index contributed by atoms with van der Waals surface area (Å²) in [5.74, 6) is -3.74. The molecule has 16 heteroatoms. The zero-order chi connectivity index (χ0) is 33.9. The smallest absolute Gasteiger partial charge is 0.426 e. The van der Waals surface area contributed by atoms with Crippen LogP contribution >= 0.6 is 0 Å². The second-order valence-electron chi connectivity index (χ2n) is 12.0. The normalized spacial score (nSPS) is 21.2. The number of carbonyl (C=O) groups excluding carboxylic acids is 1. The van der Waals surface area contributed by atoms with Gasteiger partial charge in [-0.25, -0.2) is 9.78 Å². The molecule has 0 saturated heterocycles. The summed E-state index contributed by atoms with van der Waals surface area (Å²) in [4.78, 5) is 16.6. The van der Waals surface area contributed by atoms with E-state index < -0.39 is 95.9 Å². The van der Waals surface area contributed by atoms with Crippen LogP contribution in [0.3, 0.4) is 0 Å². The molecular formula is C30H34F6N4O6. The van der Waals surface area contributed by atoms with Crippen molar-refractivity contribution in [2.24, 2.45) is 5.92 Å². The Hall–Kier alpha value is -3.92. The summed E-state index contributed by atoms with van der Waals surface area (Å²) in [6.45, 7) is 4.84. The van der Waals surface area contributed by atoms with Crippen molar-refractivity contribution in [2.75, 3.05) is 11.9 Å². The second kappa shape index (κ2) is 13.4. The molecule has 0 fully saturated rings. The number of rotatable bonds is 5. The average molecular weight is 661 g/mol. The van der Waals surface area contributed by atoms with Gasteiger partial charge < -0.3 is 23.7 Å². The predicted octanol–water partition coefficient (Wildman–Crippen LogP) is 7.42. The molecule has 10 nitrogen and oxygen atoms in total. The van der Waals surface area contributed by atoms with Gasteiger partial charge in [0.15, 0.2) is 5.69 Å². The molecule has 0 saturated carbocycles. The Balaban J connectivity index is 1.93. The number of anilines is 1.